The maximum Gasteiger partial charge on any atom is 0.269 e. The second-order valence-electron chi connectivity index (χ2n) is 10.9. The summed E-state index contributed by atoms with van der Waals surface area (Å²) in [4.78, 5) is 30.0. The highest BCUT2D eigenvalue weighted by molar-refractivity contribution is 9.10. The molecule has 2 N–H and O–H groups in total. The molecule has 2 amide bonds. The maximum absolute atomic E-state index is 14.0. The molecule has 10 nitrogen and oxygen atoms in total. The van der Waals surface area contributed by atoms with Crippen molar-refractivity contribution in [3.8, 4) is 5.75 Å². The van der Waals surface area contributed by atoms with Crippen LogP contribution in [0.15, 0.2) is 89.6 Å². The van der Waals surface area contributed by atoms with Crippen LogP contribution in [0.3, 0.4) is 0 Å². The fraction of sp³-hybridized carbons (Fsp3) is 0.273. The molecule has 4 aromatic rings. The number of aliphatic hydroxyl groups is 2. The zero-order valence-corrected chi connectivity index (χ0v) is 25.7. The van der Waals surface area contributed by atoms with E-state index in [1.54, 1.807) is 26.7 Å². The Balaban J connectivity index is 1.19. The SMILES string of the molecule is C[C@H](/C=C/CCn1cc(CCO)nn1)[C@@]1(O)C(=O)N(Cc2ccc(N3C(=O)COc4ccccc43)cc2)c2ccc(Br)cc21. The highest BCUT2D eigenvalue weighted by atomic mass is 79.9. The summed E-state index contributed by atoms with van der Waals surface area (Å²) >= 11 is 3.51. The van der Waals surface area contributed by atoms with Gasteiger partial charge in [0.1, 0.15) is 5.75 Å². The number of benzene rings is 3. The Morgan fingerprint density at radius 1 is 1.09 bits per heavy atom. The minimum absolute atomic E-state index is 0.0209. The van der Waals surface area contributed by atoms with Crippen molar-refractivity contribution in [1.82, 2.24) is 15.0 Å². The molecule has 0 fully saturated rings. The van der Waals surface area contributed by atoms with Crippen LogP contribution in [0.25, 0.3) is 0 Å². The van der Waals surface area contributed by atoms with E-state index in [2.05, 4.69) is 26.2 Å². The Bertz CT molecular complexity index is 1720. The van der Waals surface area contributed by atoms with Gasteiger partial charge in [0.25, 0.3) is 11.8 Å². The van der Waals surface area contributed by atoms with E-state index in [9.17, 15) is 14.7 Å². The molecule has 3 heterocycles. The van der Waals surface area contributed by atoms with Crippen LogP contribution in [-0.2, 0) is 34.7 Å². The number of halogens is 1. The topological polar surface area (TPSA) is 121 Å². The first kappa shape index (κ1) is 29.7. The van der Waals surface area contributed by atoms with Gasteiger partial charge >= 0.3 is 0 Å². The van der Waals surface area contributed by atoms with E-state index >= 15 is 0 Å². The summed E-state index contributed by atoms with van der Waals surface area (Å²) in [6.07, 6.45) is 6.70. The summed E-state index contributed by atoms with van der Waals surface area (Å²) in [7, 11) is 0. The highest BCUT2D eigenvalue weighted by Gasteiger charge is 2.52. The van der Waals surface area contributed by atoms with Gasteiger partial charge in [0.05, 0.1) is 23.6 Å². The number of amides is 2. The van der Waals surface area contributed by atoms with Gasteiger partial charge in [-0.25, -0.2) is 0 Å². The molecule has 1 aromatic heterocycles. The van der Waals surface area contributed by atoms with Crippen LogP contribution >= 0.6 is 15.9 Å². The average Bonchev–Trinajstić information content (AvgIpc) is 3.56. The number of nitrogens with zero attached hydrogens (tertiary/aromatic N) is 5. The lowest BCUT2D eigenvalue weighted by molar-refractivity contribution is -0.139. The molecule has 2 aliphatic heterocycles. The minimum atomic E-state index is -1.75. The number of aryl methyl sites for hydroxylation is 1. The Morgan fingerprint density at radius 3 is 2.68 bits per heavy atom. The molecule has 2 aliphatic rings. The molecule has 0 aliphatic carbocycles. The quantitative estimate of drug-likeness (QED) is 0.238. The molecule has 0 saturated carbocycles. The first-order valence-electron chi connectivity index (χ1n) is 14.4. The van der Waals surface area contributed by atoms with Crippen molar-refractivity contribution in [2.45, 2.75) is 38.5 Å². The fourth-order valence-electron chi connectivity index (χ4n) is 5.72. The van der Waals surface area contributed by atoms with Gasteiger partial charge in [-0.3, -0.25) is 19.2 Å². The summed E-state index contributed by atoms with van der Waals surface area (Å²) in [6, 6.07) is 20.4. The normalized spacial score (nSPS) is 18.5. The van der Waals surface area contributed by atoms with Crippen molar-refractivity contribution in [2.24, 2.45) is 5.92 Å². The molecular formula is C33H32BrN5O5. The number of rotatable bonds is 10. The second-order valence-corrected chi connectivity index (χ2v) is 11.8. The number of fused-ring (bicyclic) bond motifs is 2. The Morgan fingerprint density at radius 2 is 1.89 bits per heavy atom. The third kappa shape index (κ3) is 5.54. The van der Waals surface area contributed by atoms with Crippen molar-refractivity contribution >= 4 is 44.8 Å². The van der Waals surface area contributed by atoms with Gasteiger partial charge < -0.3 is 19.8 Å². The predicted molar refractivity (Wildman–Crippen MR) is 168 cm³/mol. The number of aliphatic hydroxyl groups excluding tert-OH is 1. The molecule has 0 radical (unpaired) electrons. The van der Waals surface area contributed by atoms with E-state index < -0.39 is 17.4 Å². The number of aromatic nitrogens is 3. The van der Waals surface area contributed by atoms with Crippen LogP contribution in [0.1, 0.15) is 30.2 Å². The van der Waals surface area contributed by atoms with E-state index in [1.165, 1.54) is 0 Å². The van der Waals surface area contributed by atoms with E-state index in [1.807, 2.05) is 79.7 Å². The van der Waals surface area contributed by atoms with E-state index in [4.69, 9.17) is 9.84 Å². The Kier molecular flexibility index (Phi) is 8.35. The van der Waals surface area contributed by atoms with Crippen LogP contribution in [0.5, 0.6) is 5.75 Å². The monoisotopic (exact) mass is 657 g/mol. The molecule has 0 unspecified atom stereocenters. The van der Waals surface area contributed by atoms with Crippen LogP contribution in [0.2, 0.25) is 0 Å². The largest absolute Gasteiger partial charge is 0.482 e. The van der Waals surface area contributed by atoms with Gasteiger partial charge in [-0.15, -0.1) is 5.10 Å². The minimum Gasteiger partial charge on any atom is -0.482 e. The molecule has 226 valence electrons. The number of carbonyl (C=O) groups is 2. The number of anilines is 3. The zero-order chi connectivity index (χ0) is 30.8. The molecular weight excluding hydrogens is 626 g/mol. The first-order chi connectivity index (χ1) is 21.3. The second kappa shape index (κ2) is 12.4. The van der Waals surface area contributed by atoms with Crippen molar-refractivity contribution in [1.29, 1.82) is 0 Å². The van der Waals surface area contributed by atoms with Crippen LogP contribution in [-0.4, -0.2) is 50.2 Å². The summed E-state index contributed by atoms with van der Waals surface area (Å²) in [6.45, 7) is 2.66. The van der Waals surface area contributed by atoms with Gasteiger partial charge in [0.2, 0.25) is 0 Å². The molecule has 2 atom stereocenters. The molecule has 6 rings (SSSR count). The molecule has 0 spiro atoms. The van der Waals surface area contributed by atoms with Crippen LogP contribution in [0.4, 0.5) is 17.1 Å². The van der Waals surface area contributed by atoms with Crippen molar-refractivity contribution in [3.05, 3.63) is 106 Å². The van der Waals surface area contributed by atoms with Crippen molar-refractivity contribution in [2.75, 3.05) is 23.0 Å². The third-order valence-corrected chi connectivity index (χ3v) is 8.53. The Labute approximate surface area is 263 Å². The smallest absolute Gasteiger partial charge is 0.269 e. The maximum atomic E-state index is 14.0. The van der Waals surface area contributed by atoms with Crippen LogP contribution in [0, 0.1) is 5.92 Å². The predicted octanol–water partition coefficient (Wildman–Crippen LogP) is 4.65. The van der Waals surface area contributed by atoms with Gasteiger partial charge in [-0.2, -0.15) is 0 Å². The van der Waals surface area contributed by atoms with E-state index in [-0.39, 0.29) is 25.7 Å². The number of para-hydroxylation sites is 2. The fourth-order valence-corrected chi connectivity index (χ4v) is 6.08. The lowest BCUT2D eigenvalue weighted by atomic mass is 9.83. The number of hydrogen-bond donors (Lipinski definition) is 2. The lowest BCUT2D eigenvalue weighted by Crippen LogP contribution is -2.44. The first-order valence-corrected chi connectivity index (χ1v) is 15.2. The molecule has 11 heteroatoms. The number of carbonyl (C=O) groups excluding carboxylic acids is 2. The zero-order valence-electron chi connectivity index (χ0n) is 24.1. The third-order valence-electron chi connectivity index (χ3n) is 8.04. The highest BCUT2D eigenvalue weighted by Crippen LogP contribution is 2.47. The van der Waals surface area contributed by atoms with Gasteiger partial charge in [-0.1, -0.05) is 64.5 Å². The van der Waals surface area contributed by atoms with Crippen molar-refractivity contribution < 1.29 is 24.5 Å². The van der Waals surface area contributed by atoms with Gasteiger partial charge in [0, 0.05) is 47.4 Å². The number of ether oxygens (including phenoxy) is 1. The van der Waals surface area contributed by atoms with Crippen LogP contribution < -0.4 is 14.5 Å². The van der Waals surface area contributed by atoms with Gasteiger partial charge in [0.15, 0.2) is 12.2 Å². The van der Waals surface area contributed by atoms with E-state index in [0.29, 0.717) is 47.8 Å². The summed E-state index contributed by atoms with van der Waals surface area (Å²) in [5.74, 6) is -0.419. The molecule has 3 aromatic carbocycles. The average molecular weight is 659 g/mol. The standard InChI is InChI=1S/C33H32BrN5O5/c1-22(6-4-5-16-37-20-25(15-17-40)35-36-37)33(43)27-18-24(34)11-14-28(27)38(32(33)42)19-23-9-12-26(13-10-23)39-29-7-2-3-8-30(29)44-21-31(39)41/h2-4,6-14,18,20,22,40,43H,5,15-17,19,21H2,1H3/b6-4+/t22-,33+/m1/s1. The Hall–Kier alpha value is -4.32. The number of hydrogen-bond acceptors (Lipinski definition) is 7. The lowest BCUT2D eigenvalue weighted by Gasteiger charge is -2.29. The molecule has 44 heavy (non-hydrogen) atoms. The summed E-state index contributed by atoms with van der Waals surface area (Å²) in [5.41, 5.74) is 2.43. The van der Waals surface area contributed by atoms with Gasteiger partial charge in [-0.05, 0) is 54.4 Å². The number of allylic oxidation sites excluding steroid dienone is 1. The molecule has 0 saturated heterocycles. The summed E-state index contributed by atoms with van der Waals surface area (Å²) < 4.78 is 8.05. The van der Waals surface area contributed by atoms with Crippen molar-refractivity contribution in [3.63, 3.8) is 0 Å². The molecule has 0 bridgehead atoms. The van der Waals surface area contributed by atoms with E-state index in [0.717, 1.165) is 15.7 Å². The summed E-state index contributed by atoms with van der Waals surface area (Å²) in [5, 5.41) is 29.2.